The molecule has 0 amide bonds. The van der Waals surface area contributed by atoms with Crippen molar-refractivity contribution in [2.75, 3.05) is 19.0 Å². The van der Waals surface area contributed by atoms with Crippen molar-refractivity contribution in [2.45, 2.75) is 24.5 Å². The van der Waals surface area contributed by atoms with E-state index in [1.807, 2.05) is 0 Å². The lowest BCUT2D eigenvalue weighted by molar-refractivity contribution is -0.384. The fourth-order valence-corrected chi connectivity index (χ4v) is 2.00. The zero-order chi connectivity index (χ0) is 15.6. The van der Waals surface area contributed by atoms with Gasteiger partial charge in [-0.3, -0.25) is 10.1 Å². The van der Waals surface area contributed by atoms with E-state index in [1.54, 1.807) is 0 Å². The van der Waals surface area contributed by atoms with Gasteiger partial charge in [0.15, 0.2) is 6.23 Å². The number of hydrogen-bond donors (Lipinski definition) is 4. The molecule has 0 bridgehead atoms. The number of aliphatic hydroxyl groups is 3. The second kappa shape index (κ2) is 6.22. The Morgan fingerprint density at radius 1 is 1.38 bits per heavy atom. The first-order valence-corrected chi connectivity index (χ1v) is 6.19. The predicted octanol–water partition coefficient (Wildman–Crippen LogP) is -0.546. The van der Waals surface area contributed by atoms with Crippen LogP contribution < -0.4 is 10.1 Å². The predicted molar refractivity (Wildman–Crippen MR) is 71.0 cm³/mol. The lowest BCUT2D eigenvalue weighted by Crippen LogP contribution is -2.55. The number of ether oxygens (including phenoxy) is 2. The summed E-state index contributed by atoms with van der Waals surface area (Å²) in [4.78, 5) is 10.4. The summed E-state index contributed by atoms with van der Waals surface area (Å²) in [5, 5.41) is 42.4. The molecular formula is C12H16N2O7. The van der Waals surface area contributed by atoms with Crippen molar-refractivity contribution in [1.29, 1.82) is 0 Å². The van der Waals surface area contributed by atoms with Gasteiger partial charge >= 0.3 is 0 Å². The molecule has 0 spiro atoms. The normalized spacial score (nSPS) is 29.0. The molecular weight excluding hydrogens is 284 g/mol. The van der Waals surface area contributed by atoms with Crippen LogP contribution in [0.4, 0.5) is 11.4 Å². The summed E-state index contributed by atoms with van der Waals surface area (Å²) in [7, 11) is 1.39. The molecule has 4 atom stereocenters. The standard InChI is InChI=1S/C12H16N2O7/c1-20-6-2-3-7(8(4-6)14(18)19)13-12-11(17)10(16)9(15)5-21-12/h2-4,9-13,15-17H,5H2,1H3/t9-,10-,11+,12-/m1/s1. The first-order valence-electron chi connectivity index (χ1n) is 6.19. The Bertz CT molecular complexity index is 524. The maximum absolute atomic E-state index is 11.0. The van der Waals surface area contributed by atoms with Gasteiger partial charge < -0.3 is 30.1 Å². The third kappa shape index (κ3) is 3.22. The zero-order valence-corrected chi connectivity index (χ0v) is 11.2. The molecule has 4 N–H and O–H groups in total. The summed E-state index contributed by atoms with van der Waals surface area (Å²) in [5.41, 5.74) is -0.154. The summed E-state index contributed by atoms with van der Waals surface area (Å²) in [5.74, 6) is 0.313. The summed E-state index contributed by atoms with van der Waals surface area (Å²) in [6.07, 6.45) is -5.09. The van der Waals surface area contributed by atoms with E-state index in [0.29, 0.717) is 5.75 Å². The van der Waals surface area contributed by atoms with Gasteiger partial charge in [0.1, 0.15) is 29.7 Å². The van der Waals surface area contributed by atoms with Crippen LogP contribution in [0, 0.1) is 10.1 Å². The van der Waals surface area contributed by atoms with Crippen molar-refractivity contribution >= 4 is 11.4 Å². The molecule has 21 heavy (non-hydrogen) atoms. The number of benzene rings is 1. The molecule has 9 nitrogen and oxygen atoms in total. The van der Waals surface area contributed by atoms with E-state index in [9.17, 15) is 25.4 Å². The molecule has 0 unspecified atom stereocenters. The van der Waals surface area contributed by atoms with Crippen molar-refractivity contribution in [3.63, 3.8) is 0 Å². The van der Waals surface area contributed by atoms with E-state index < -0.39 is 29.5 Å². The summed E-state index contributed by atoms with van der Waals surface area (Å²) in [6, 6.07) is 4.14. The van der Waals surface area contributed by atoms with Crippen molar-refractivity contribution in [3.8, 4) is 5.75 Å². The smallest absolute Gasteiger partial charge is 0.296 e. The SMILES string of the molecule is COc1ccc(N[C@@H]2OC[C@@H](O)[C@@H](O)[C@@H]2O)c([N+](=O)[O-])c1. The third-order valence-electron chi connectivity index (χ3n) is 3.20. The van der Waals surface area contributed by atoms with Gasteiger partial charge in [-0.25, -0.2) is 0 Å². The van der Waals surface area contributed by atoms with Crippen molar-refractivity contribution in [1.82, 2.24) is 0 Å². The number of aliphatic hydroxyl groups excluding tert-OH is 3. The minimum absolute atomic E-state index is 0.105. The molecule has 2 rings (SSSR count). The van der Waals surface area contributed by atoms with Gasteiger partial charge in [-0.05, 0) is 12.1 Å². The number of methoxy groups -OCH3 is 1. The van der Waals surface area contributed by atoms with Crippen LogP contribution in [0.1, 0.15) is 0 Å². The fourth-order valence-electron chi connectivity index (χ4n) is 2.00. The van der Waals surface area contributed by atoms with Crippen LogP contribution in [-0.2, 0) is 4.74 Å². The lowest BCUT2D eigenvalue weighted by atomic mass is 10.0. The minimum Gasteiger partial charge on any atom is -0.496 e. The molecule has 1 saturated heterocycles. The molecule has 1 heterocycles. The third-order valence-corrected chi connectivity index (χ3v) is 3.20. The molecule has 0 aliphatic carbocycles. The highest BCUT2D eigenvalue weighted by molar-refractivity contribution is 5.64. The number of anilines is 1. The van der Waals surface area contributed by atoms with E-state index >= 15 is 0 Å². The van der Waals surface area contributed by atoms with Gasteiger partial charge in [0, 0.05) is 0 Å². The summed E-state index contributed by atoms with van der Waals surface area (Å²) in [6.45, 7) is -0.195. The zero-order valence-electron chi connectivity index (χ0n) is 11.2. The number of nitrogens with one attached hydrogen (secondary N) is 1. The molecule has 0 saturated carbocycles. The number of rotatable bonds is 4. The average molecular weight is 300 g/mol. The number of nitro groups is 1. The van der Waals surface area contributed by atoms with E-state index in [4.69, 9.17) is 9.47 Å². The molecule has 1 fully saturated rings. The van der Waals surface area contributed by atoms with Gasteiger partial charge in [-0.1, -0.05) is 0 Å². The van der Waals surface area contributed by atoms with Crippen LogP contribution in [-0.4, -0.2) is 58.5 Å². The van der Waals surface area contributed by atoms with E-state index in [2.05, 4.69) is 5.32 Å². The molecule has 0 radical (unpaired) electrons. The maximum Gasteiger partial charge on any atom is 0.296 e. The molecule has 0 aromatic heterocycles. The Labute approximate surface area is 119 Å². The molecule has 1 aliphatic rings. The molecule has 116 valence electrons. The topological polar surface area (TPSA) is 134 Å². The van der Waals surface area contributed by atoms with Crippen LogP contribution in [0.2, 0.25) is 0 Å². The largest absolute Gasteiger partial charge is 0.496 e. The van der Waals surface area contributed by atoms with Gasteiger partial charge in [-0.2, -0.15) is 0 Å². The van der Waals surface area contributed by atoms with Crippen molar-refractivity contribution < 1.29 is 29.7 Å². The first-order chi connectivity index (χ1) is 9.93. The van der Waals surface area contributed by atoms with Crippen LogP contribution in [0.25, 0.3) is 0 Å². The van der Waals surface area contributed by atoms with E-state index in [-0.39, 0.29) is 18.0 Å². The fraction of sp³-hybridized carbons (Fsp3) is 0.500. The highest BCUT2D eigenvalue weighted by Crippen LogP contribution is 2.30. The quantitative estimate of drug-likeness (QED) is 0.430. The highest BCUT2D eigenvalue weighted by Gasteiger charge is 2.38. The monoisotopic (exact) mass is 300 g/mol. The van der Waals surface area contributed by atoms with E-state index in [0.717, 1.165) is 0 Å². The average Bonchev–Trinajstić information content (AvgIpc) is 2.48. The minimum atomic E-state index is -1.42. The number of hydrogen-bond acceptors (Lipinski definition) is 8. The first kappa shape index (κ1) is 15.4. The molecule has 9 heteroatoms. The number of nitro benzene ring substituents is 1. The Balaban J connectivity index is 2.21. The maximum atomic E-state index is 11.0. The van der Waals surface area contributed by atoms with Crippen LogP contribution in [0.5, 0.6) is 5.75 Å². The van der Waals surface area contributed by atoms with Gasteiger partial charge in [-0.15, -0.1) is 0 Å². The Kier molecular flexibility index (Phi) is 4.58. The van der Waals surface area contributed by atoms with Gasteiger partial charge in [0.25, 0.3) is 5.69 Å². The molecule has 1 aliphatic heterocycles. The second-order valence-electron chi connectivity index (χ2n) is 4.59. The van der Waals surface area contributed by atoms with Gasteiger partial charge in [0.2, 0.25) is 0 Å². The Morgan fingerprint density at radius 3 is 2.71 bits per heavy atom. The summed E-state index contributed by atoms with van der Waals surface area (Å²) < 4.78 is 10.1. The second-order valence-corrected chi connectivity index (χ2v) is 4.59. The molecule has 1 aromatic rings. The summed E-state index contributed by atoms with van der Waals surface area (Å²) >= 11 is 0. The Hall–Kier alpha value is -1.94. The highest BCUT2D eigenvalue weighted by atomic mass is 16.6. The van der Waals surface area contributed by atoms with Crippen LogP contribution in [0.15, 0.2) is 18.2 Å². The van der Waals surface area contributed by atoms with Crippen LogP contribution >= 0.6 is 0 Å². The Morgan fingerprint density at radius 2 is 2.10 bits per heavy atom. The molecule has 1 aromatic carbocycles. The van der Waals surface area contributed by atoms with E-state index in [1.165, 1.54) is 25.3 Å². The van der Waals surface area contributed by atoms with Crippen molar-refractivity contribution in [2.24, 2.45) is 0 Å². The van der Waals surface area contributed by atoms with Gasteiger partial charge in [0.05, 0.1) is 24.7 Å². The van der Waals surface area contributed by atoms with Crippen molar-refractivity contribution in [3.05, 3.63) is 28.3 Å². The van der Waals surface area contributed by atoms with Crippen LogP contribution in [0.3, 0.4) is 0 Å². The number of nitrogens with zero attached hydrogens (tertiary/aromatic N) is 1. The lowest BCUT2D eigenvalue weighted by Gasteiger charge is -2.35.